The van der Waals surface area contributed by atoms with Gasteiger partial charge in [0.2, 0.25) is 0 Å². The fourth-order valence-electron chi connectivity index (χ4n) is 0.818. The van der Waals surface area contributed by atoms with Crippen LogP contribution in [0.4, 0.5) is 0 Å². The van der Waals surface area contributed by atoms with Gasteiger partial charge in [0.05, 0.1) is 12.2 Å². The summed E-state index contributed by atoms with van der Waals surface area (Å²) in [5.41, 5.74) is 0. The van der Waals surface area contributed by atoms with Crippen LogP contribution in [0.15, 0.2) is 0 Å². The first kappa shape index (κ1) is 5.10. The normalized spacial score (nSPS) is 38.6. The average Bonchev–Trinajstić information content (AvgIpc) is 2.22. The summed E-state index contributed by atoms with van der Waals surface area (Å²) in [4.78, 5) is 0. The van der Waals surface area contributed by atoms with Crippen LogP contribution in [-0.2, 0) is 4.74 Å². The van der Waals surface area contributed by atoms with Gasteiger partial charge in [-0.3, -0.25) is 0 Å². The molecule has 2 unspecified atom stereocenters. The van der Waals surface area contributed by atoms with E-state index in [4.69, 9.17) is 4.74 Å². The van der Waals surface area contributed by atoms with Gasteiger partial charge < -0.3 is 4.74 Å². The van der Waals surface area contributed by atoms with E-state index in [-0.39, 0.29) is 0 Å². The molecule has 0 amide bonds. The molecule has 0 spiro atoms. The first-order valence-corrected chi connectivity index (χ1v) is 3.00. The lowest BCUT2D eigenvalue weighted by molar-refractivity contribution is 0.369. The molecule has 1 saturated heterocycles. The maximum absolute atomic E-state index is 5.16. The second kappa shape index (κ2) is 1.83. The van der Waals surface area contributed by atoms with Gasteiger partial charge in [-0.25, -0.2) is 0 Å². The molecule has 1 rings (SSSR count). The fourth-order valence-corrected chi connectivity index (χ4v) is 0.818. The van der Waals surface area contributed by atoms with Crippen molar-refractivity contribution < 1.29 is 4.74 Å². The minimum atomic E-state index is 0.569. The van der Waals surface area contributed by atoms with Gasteiger partial charge in [-0.15, -0.1) is 0 Å². The third-order valence-corrected chi connectivity index (χ3v) is 1.41. The summed E-state index contributed by atoms with van der Waals surface area (Å²) < 4.78 is 5.16. The number of rotatable bonds is 2. The smallest absolute Gasteiger partial charge is 0.0838 e. The predicted octanol–water partition coefficient (Wildman–Crippen LogP) is 1.57. The SMILES string of the molecule is CCCC1OC1C. The molecule has 0 radical (unpaired) electrons. The number of epoxide rings is 1. The lowest BCUT2D eigenvalue weighted by Crippen LogP contribution is -1.85. The highest BCUT2D eigenvalue weighted by molar-refractivity contribution is 4.78. The molecule has 1 fully saturated rings. The molecule has 0 aromatic carbocycles. The molecular weight excluding hydrogens is 88.1 g/mol. The van der Waals surface area contributed by atoms with E-state index in [0.717, 1.165) is 0 Å². The summed E-state index contributed by atoms with van der Waals surface area (Å²) >= 11 is 0. The molecule has 7 heavy (non-hydrogen) atoms. The Morgan fingerprint density at radius 1 is 1.57 bits per heavy atom. The summed E-state index contributed by atoms with van der Waals surface area (Å²) in [6.07, 6.45) is 3.70. The zero-order valence-electron chi connectivity index (χ0n) is 4.98. The highest BCUT2D eigenvalue weighted by atomic mass is 16.6. The molecule has 1 aliphatic rings. The lowest BCUT2D eigenvalue weighted by atomic mass is 10.2. The molecule has 0 aliphatic carbocycles. The van der Waals surface area contributed by atoms with Crippen LogP contribution in [0.1, 0.15) is 26.7 Å². The molecule has 0 aromatic rings. The number of ether oxygens (including phenoxy) is 1. The molecule has 2 atom stereocenters. The first-order chi connectivity index (χ1) is 3.34. The van der Waals surface area contributed by atoms with Crippen molar-refractivity contribution in [2.24, 2.45) is 0 Å². The highest BCUT2D eigenvalue weighted by Crippen LogP contribution is 2.24. The Bertz CT molecular complexity index is 61.2. The quantitative estimate of drug-likeness (QED) is 0.480. The van der Waals surface area contributed by atoms with Gasteiger partial charge in [0.1, 0.15) is 0 Å². The average molecular weight is 100 g/mol. The summed E-state index contributed by atoms with van der Waals surface area (Å²) in [5.74, 6) is 0. The molecule has 0 saturated carbocycles. The number of hydrogen-bond donors (Lipinski definition) is 0. The van der Waals surface area contributed by atoms with E-state index in [9.17, 15) is 0 Å². The van der Waals surface area contributed by atoms with Crippen LogP contribution in [0.25, 0.3) is 0 Å². The molecule has 0 bridgehead atoms. The summed E-state index contributed by atoms with van der Waals surface area (Å²) in [6, 6.07) is 0. The van der Waals surface area contributed by atoms with Gasteiger partial charge in [-0.1, -0.05) is 13.3 Å². The van der Waals surface area contributed by atoms with E-state index in [1.165, 1.54) is 12.8 Å². The second-order valence-electron chi connectivity index (χ2n) is 2.17. The van der Waals surface area contributed by atoms with Crippen molar-refractivity contribution in [1.29, 1.82) is 0 Å². The lowest BCUT2D eigenvalue weighted by Gasteiger charge is -1.81. The molecule has 42 valence electrons. The Morgan fingerprint density at radius 3 is 2.29 bits per heavy atom. The van der Waals surface area contributed by atoms with Gasteiger partial charge in [-0.2, -0.15) is 0 Å². The molecule has 0 N–H and O–H groups in total. The summed E-state index contributed by atoms with van der Waals surface area (Å²) in [6.45, 7) is 4.31. The van der Waals surface area contributed by atoms with Crippen molar-refractivity contribution in [1.82, 2.24) is 0 Å². The van der Waals surface area contributed by atoms with Gasteiger partial charge in [-0.05, 0) is 13.3 Å². The zero-order valence-corrected chi connectivity index (χ0v) is 4.98. The molecule has 1 aliphatic heterocycles. The zero-order chi connectivity index (χ0) is 5.28. The van der Waals surface area contributed by atoms with E-state index in [0.29, 0.717) is 12.2 Å². The Labute approximate surface area is 44.7 Å². The van der Waals surface area contributed by atoms with E-state index in [1.54, 1.807) is 0 Å². The Hall–Kier alpha value is -0.0400. The minimum Gasteiger partial charge on any atom is -0.370 e. The van der Waals surface area contributed by atoms with E-state index in [2.05, 4.69) is 13.8 Å². The van der Waals surface area contributed by atoms with Gasteiger partial charge in [0.25, 0.3) is 0 Å². The predicted molar refractivity (Wildman–Crippen MR) is 29.2 cm³/mol. The van der Waals surface area contributed by atoms with Crippen molar-refractivity contribution >= 4 is 0 Å². The maximum Gasteiger partial charge on any atom is 0.0838 e. The van der Waals surface area contributed by atoms with Gasteiger partial charge in [0.15, 0.2) is 0 Å². The Morgan fingerprint density at radius 2 is 2.14 bits per heavy atom. The highest BCUT2D eigenvalue weighted by Gasteiger charge is 2.32. The third kappa shape index (κ3) is 1.16. The van der Waals surface area contributed by atoms with Crippen LogP contribution in [0.2, 0.25) is 0 Å². The molecule has 1 heteroatoms. The monoisotopic (exact) mass is 100 g/mol. The van der Waals surface area contributed by atoms with Crippen LogP contribution < -0.4 is 0 Å². The number of hydrogen-bond acceptors (Lipinski definition) is 1. The largest absolute Gasteiger partial charge is 0.370 e. The first-order valence-electron chi connectivity index (χ1n) is 3.00. The van der Waals surface area contributed by atoms with Crippen LogP contribution >= 0.6 is 0 Å². The third-order valence-electron chi connectivity index (χ3n) is 1.41. The molecule has 1 heterocycles. The van der Waals surface area contributed by atoms with Crippen LogP contribution in [0.5, 0.6) is 0 Å². The molecule has 1 nitrogen and oxygen atoms in total. The summed E-state index contributed by atoms with van der Waals surface area (Å²) in [5, 5.41) is 0. The van der Waals surface area contributed by atoms with Crippen molar-refractivity contribution in [3.05, 3.63) is 0 Å². The van der Waals surface area contributed by atoms with Crippen LogP contribution in [0, 0.1) is 0 Å². The van der Waals surface area contributed by atoms with Crippen molar-refractivity contribution in [2.45, 2.75) is 38.9 Å². The Balaban J connectivity index is 1.98. The minimum absolute atomic E-state index is 0.569. The van der Waals surface area contributed by atoms with Gasteiger partial charge in [0, 0.05) is 0 Å². The Kier molecular flexibility index (Phi) is 1.33. The van der Waals surface area contributed by atoms with Crippen LogP contribution in [-0.4, -0.2) is 12.2 Å². The maximum atomic E-state index is 5.16. The van der Waals surface area contributed by atoms with E-state index >= 15 is 0 Å². The topological polar surface area (TPSA) is 12.5 Å². The molecular formula is C6H12O. The fraction of sp³-hybridized carbons (Fsp3) is 1.00. The van der Waals surface area contributed by atoms with Gasteiger partial charge >= 0.3 is 0 Å². The van der Waals surface area contributed by atoms with E-state index in [1.807, 2.05) is 0 Å². The summed E-state index contributed by atoms with van der Waals surface area (Å²) in [7, 11) is 0. The van der Waals surface area contributed by atoms with Crippen molar-refractivity contribution in [2.75, 3.05) is 0 Å². The van der Waals surface area contributed by atoms with Crippen molar-refractivity contribution in [3.8, 4) is 0 Å². The molecule has 0 aromatic heterocycles. The van der Waals surface area contributed by atoms with Crippen LogP contribution in [0.3, 0.4) is 0 Å². The second-order valence-corrected chi connectivity index (χ2v) is 2.17. The van der Waals surface area contributed by atoms with E-state index < -0.39 is 0 Å². The van der Waals surface area contributed by atoms with Crippen molar-refractivity contribution in [3.63, 3.8) is 0 Å². The standard InChI is InChI=1S/C6H12O/c1-3-4-6-5(2)7-6/h5-6H,3-4H2,1-2H3.